The van der Waals surface area contributed by atoms with Gasteiger partial charge in [0.15, 0.2) is 5.78 Å². The van der Waals surface area contributed by atoms with Crippen molar-refractivity contribution in [1.82, 2.24) is 9.55 Å². The van der Waals surface area contributed by atoms with Gasteiger partial charge in [0.05, 0.1) is 20.0 Å². The molecule has 4 rings (SSSR count). The highest BCUT2D eigenvalue weighted by Crippen LogP contribution is 2.30. The summed E-state index contributed by atoms with van der Waals surface area (Å²) in [6.45, 7) is 1.30. The average Bonchev–Trinajstić information content (AvgIpc) is 3.24. The number of aryl methyl sites for hydroxylation is 1. The van der Waals surface area contributed by atoms with Gasteiger partial charge in [-0.3, -0.25) is 4.79 Å². The van der Waals surface area contributed by atoms with Crippen LogP contribution in [0.5, 0.6) is 11.5 Å². The number of carbonyl (C=O) groups is 1. The molecule has 0 unspecified atom stereocenters. The zero-order valence-electron chi connectivity index (χ0n) is 15.8. The number of aromatic nitrogens is 2. The molecule has 5 nitrogen and oxygen atoms in total. The molecule has 0 radical (unpaired) electrons. The van der Waals surface area contributed by atoms with E-state index in [1.54, 1.807) is 19.6 Å². The van der Waals surface area contributed by atoms with Crippen LogP contribution in [0.1, 0.15) is 27.9 Å². The van der Waals surface area contributed by atoms with Crippen LogP contribution in [-0.2, 0) is 13.0 Å². The minimum atomic E-state index is 0.0917. The molecule has 0 fully saturated rings. The Morgan fingerprint density at radius 1 is 1.14 bits per heavy atom. The smallest absolute Gasteiger partial charge is 0.189 e. The van der Waals surface area contributed by atoms with E-state index in [9.17, 15) is 4.79 Å². The van der Waals surface area contributed by atoms with Gasteiger partial charge in [0.2, 0.25) is 0 Å². The number of carbonyl (C=O) groups excluding carboxylic acids is 1. The Kier molecular flexibility index (Phi) is 5.24. The number of imidazole rings is 1. The van der Waals surface area contributed by atoms with Gasteiger partial charge in [-0.25, -0.2) is 4.98 Å². The van der Waals surface area contributed by atoms with E-state index < -0.39 is 0 Å². The molecule has 0 atom stereocenters. The first-order chi connectivity index (χ1) is 13.7. The van der Waals surface area contributed by atoms with Gasteiger partial charge in [-0.1, -0.05) is 12.1 Å². The second kappa shape index (κ2) is 8.13. The Bertz CT molecular complexity index is 1010. The van der Waals surface area contributed by atoms with Gasteiger partial charge in [0.25, 0.3) is 0 Å². The van der Waals surface area contributed by atoms with Crippen LogP contribution in [-0.4, -0.2) is 29.1 Å². The number of hydrogen-bond donors (Lipinski definition) is 0. The van der Waals surface area contributed by atoms with Crippen molar-refractivity contribution in [2.75, 3.05) is 13.7 Å². The molecular weight excluding hydrogens is 352 g/mol. The van der Waals surface area contributed by atoms with Gasteiger partial charge >= 0.3 is 0 Å². The maximum absolute atomic E-state index is 12.9. The molecule has 0 aliphatic heterocycles. The van der Waals surface area contributed by atoms with Gasteiger partial charge in [-0.05, 0) is 60.4 Å². The third-order valence-electron chi connectivity index (χ3n) is 4.89. The second-order valence-corrected chi connectivity index (χ2v) is 6.74. The Labute approximate surface area is 164 Å². The van der Waals surface area contributed by atoms with Crippen LogP contribution in [0, 0.1) is 0 Å². The second-order valence-electron chi connectivity index (χ2n) is 6.74. The van der Waals surface area contributed by atoms with Gasteiger partial charge in [-0.15, -0.1) is 0 Å². The highest BCUT2D eigenvalue weighted by Gasteiger charge is 2.22. The Hall–Kier alpha value is -3.34. The summed E-state index contributed by atoms with van der Waals surface area (Å²) in [5, 5.41) is 0. The normalized spacial score (nSPS) is 14.8. The van der Waals surface area contributed by atoms with E-state index >= 15 is 0 Å². The zero-order chi connectivity index (χ0) is 19.3. The van der Waals surface area contributed by atoms with Crippen molar-refractivity contribution in [3.05, 3.63) is 83.4 Å². The van der Waals surface area contributed by atoms with Gasteiger partial charge in [0.1, 0.15) is 18.1 Å². The van der Waals surface area contributed by atoms with Crippen LogP contribution in [0.25, 0.3) is 6.08 Å². The maximum Gasteiger partial charge on any atom is 0.189 e. The number of nitrogens with zero attached hydrogens (tertiary/aromatic N) is 2. The molecular formula is C23H22N2O3. The number of hydrogen-bond acceptors (Lipinski definition) is 4. The third-order valence-corrected chi connectivity index (χ3v) is 4.89. The fourth-order valence-corrected chi connectivity index (χ4v) is 3.40. The van der Waals surface area contributed by atoms with Gasteiger partial charge < -0.3 is 14.0 Å². The first-order valence-corrected chi connectivity index (χ1v) is 9.34. The first kappa shape index (κ1) is 18.0. The van der Waals surface area contributed by atoms with Crippen LogP contribution in [0.3, 0.4) is 0 Å². The standard InChI is InChI=1S/C23H22N2O3/c1-27-20-4-2-3-17(14-20)13-19-6-5-18-15-21(7-8-22(18)23(19)26)28-12-11-25-10-9-24-16-25/h2-4,7-10,13-16H,5-6,11-12H2,1H3. The molecule has 2 aromatic carbocycles. The first-order valence-electron chi connectivity index (χ1n) is 9.34. The Balaban J connectivity index is 1.46. The molecule has 0 amide bonds. The summed E-state index contributed by atoms with van der Waals surface area (Å²) < 4.78 is 13.1. The molecule has 1 heterocycles. The van der Waals surface area contributed by atoms with Crippen molar-refractivity contribution in [1.29, 1.82) is 0 Å². The van der Waals surface area contributed by atoms with Crippen molar-refractivity contribution < 1.29 is 14.3 Å². The summed E-state index contributed by atoms with van der Waals surface area (Å²) in [5.74, 6) is 1.68. The molecule has 0 saturated carbocycles. The molecule has 5 heteroatoms. The monoisotopic (exact) mass is 374 g/mol. The average molecular weight is 374 g/mol. The number of ether oxygens (including phenoxy) is 2. The summed E-state index contributed by atoms with van der Waals surface area (Å²) in [6.07, 6.45) is 8.94. The fraction of sp³-hybridized carbons (Fsp3) is 0.217. The zero-order valence-corrected chi connectivity index (χ0v) is 15.8. The highest BCUT2D eigenvalue weighted by molar-refractivity contribution is 6.13. The lowest BCUT2D eigenvalue weighted by atomic mass is 9.86. The van der Waals surface area contributed by atoms with Gasteiger partial charge in [0, 0.05) is 23.5 Å². The third kappa shape index (κ3) is 3.98. The predicted octanol–water partition coefficient (Wildman–Crippen LogP) is 4.18. The van der Waals surface area contributed by atoms with Gasteiger partial charge in [-0.2, -0.15) is 0 Å². The van der Waals surface area contributed by atoms with Crippen molar-refractivity contribution in [3.8, 4) is 11.5 Å². The topological polar surface area (TPSA) is 53.4 Å². The minimum Gasteiger partial charge on any atom is -0.497 e. The molecule has 1 aliphatic carbocycles. The van der Waals surface area contributed by atoms with E-state index in [4.69, 9.17) is 9.47 Å². The number of fused-ring (bicyclic) bond motifs is 1. The van der Waals surface area contributed by atoms with Crippen LogP contribution in [0.15, 0.2) is 66.8 Å². The summed E-state index contributed by atoms with van der Waals surface area (Å²) in [7, 11) is 1.64. The highest BCUT2D eigenvalue weighted by atomic mass is 16.5. The lowest BCUT2D eigenvalue weighted by molar-refractivity contribution is 0.102. The van der Waals surface area contributed by atoms with Crippen molar-refractivity contribution >= 4 is 11.9 Å². The van der Waals surface area contributed by atoms with Crippen molar-refractivity contribution in [2.24, 2.45) is 0 Å². The van der Waals surface area contributed by atoms with E-state index in [1.807, 2.05) is 59.3 Å². The summed E-state index contributed by atoms with van der Waals surface area (Å²) >= 11 is 0. The molecule has 1 aromatic heterocycles. The van der Waals surface area contributed by atoms with E-state index in [0.29, 0.717) is 6.61 Å². The van der Waals surface area contributed by atoms with E-state index in [-0.39, 0.29) is 5.78 Å². The minimum absolute atomic E-state index is 0.0917. The van der Waals surface area contributed by atoms with E-state index in [0.717, 1.165) is 53.1 Å². The molecule has 28 heavy (non-hydrogen) atoms. The maximum atomic E-state index is 12.9. The van der Waals surface area contributed by atoms with Crippen LogP contribution >= 0.6 is 0 Å². The van der Waals surface area contributed by atoms with E-state index in [2.05, 4.69) is 4.98 Å². The van der Waals surface area contributed by atoms with Crippen molar-refractivity contribution in [3.63, 3.8) is 0 Å². The number of benzene rings is 2. The van der Waals surface area contributed by atoms with Crippen LogP contribution in [0.4, 0.5) is 0 Å². The lowest BCUT2D eigenvalue weighted by Gasteiger charge is -2.19. The molecule has 0 spiro atoms. The fourth-order valence-electron chi connectivity index (χ4n) is 3.40. The summed E-state index contributed by atoms with van der Waals surface area (Å²) in [6, 6.07) is 13.5. The van der Waals surface area contributed by atoms with Crippen molar-refractivity contribution in [2.45, 2.75) is 19.4 Å². The number of allylic oxidation sites excluding steroid dienone is 1. The number of ketones is 1. The molecule has 3 aromatic rings. The quantitative estimate of drug-likeness (QED) is 0.607. The summed E-state index contributed by atoms with van der Waals surface area (Å²) in [5.41, 5.74) is 3.62. The number of rotatable bonds is 6. The SMILES string of the molecule is COc1cccc(C=C2CCc3cc(OCCn4ccnc4)ccc3C2=O)c1. The summed E-state index contributed by atoms with van der Waals surface area (Å²) in [4.78, 5) is 16.9. The largest absolute Gasteiger partial charge is 0.497 e. The number of Topliss-reactive ketones (excluding diaryl/α,β-unsaturated/α-hetero) is 1. The molecule has 0 saturated heterocycles. The molecule has 0 N–H and O–H groups in total. The Morgan fingerprint density at radius 2 is 2.07 bits per heavy atom. The van der Waals surface area contributed by atoms with Crippen LogP contribution < -0.4 is 9.47 Å². The van der Waals surface area contributed by atoms with E-state index in [1.165, 1.54) is 0 Å². The lowest BCUT2D eigenvalue weighted by Crippen LogP contribution is -2.14. The predicted molar refractivity (Wildman–Crippen MR) is 108 cm³/mol. The molecule has 0 bridgehead atoms. The molecule has 142 valence electrons. The Morgan fingerprint density at radius 3 is 2.89 bits per heavy atom. The number of methoxy groups -OCH3 is 1. The molecule has 1 aliphatic rings. The van der Waals surface area contributed by atoms with Crippen LogP contribution in [0.2, 0.25) is 0 Å².